The fourth-order valence-corrected chi connectivity index (χ4v) is 1.19. The summed E-state index contributed by atoms with van der Waals surface area (Å²) in [5, 5.41) is 17.8. The Morgan fingerprint density at radius 1 is 1.62 bits per heavy atom. The largest absolute Gasteiger partial charge is 0.465 e. The summed E-state index contributed by atoms with van der Waals surface area (Å²) in [6, 6.07) is -0.544. The third-order valence-corrected chi connectivity index (χ3v) is 1.72. The van der Waals surface area contributed by atoms with E-state index in [2.05, 4.69) is 6.58 Å². The zero-order valence-corrected chi connectivity index (χ0v) is 8.32. The second-order valence-electron chi connectivity index (χ2n) is 3.81. The van der Waals surface area contributed by atoms with Gasteiger partial charge in [0.1, 0.15) is 0 Å². The maximum absolute atomic E-state index is 10.9. The lowest BCUT2D eigenvalue weighted by Crippen LogP contribution is -2.51. The van der Waals surface area contributed by atoms with E-state index in [0.29, 0.717) is 0 Å². The Bertz CT molecular complexity index is 196. The molecule has 1 atom stereocenters. The highest BCUT2D eigenvalue weighted by Gasteiger charge is 2.30. The molecule has 0 saturated heterocycles. The molecule has 0 aromatic rings. The van der Waals surface area contributed by atoms with Crippen LogP contribution in [-0.2, 0) is 0 Å². The van der Waals surface area contributed by atoms with Gasteiger partial charge >= 0.3 is 6.09 Å². The highest BCUT2D eigenvalue weighted by Crippen LogP contribution is 2.17. The van der Waals surface area contributed by atoms with Crippen molar-refractivity contribution in [2.45, 2.75) is 32.4 Å². The van der Waals surface area contributed by atoms with Crippen LogP contribution in [0.3, 0.4) is 0 Å². The Balaban J connectivity index is 4.79. The molecule has 0 bridgehead atoms. The van der Waals surface area contributed by atoms with Crippen LogP contribution in [0.25, 0.3) is 0 Å². The molecule has 0 saturated carbocycles. The van der Waals surface area contributed by atoms with Crippen LogP contribution in [0.5, 0.6) is 0 Å². The maximum atomic E-state index is 10.9. The average Bonchev–Trinajstić information content (AvgIpc) is 1.96. The summed E-state index contributed by atoms with van der Waals surface area (Å²) in [5.41, 5.74) is -0.534. The lowest BCUT2D eigenvalue weighted by atomic mass is 10.0. The number of amides is 1. The summed E-state index contributed by atoms with van der Waals surface area (Å²) < 4.78 is 0. The van der Waals surface area contributed by atoms with Crippen LogP contribution in [0.2, 0.25) is 0 Å². The Hall–Kier alpha value is -1.03. The molecule has 0 aromatic heterocycles. The molecule has 13 heavy (non-hydrogen) atoms. The number of hydrogen-bond donors (Lipinski definition) is 2. The van der Waals surface area contributed by atoms with E-state index < -0.39 is 17.7 Å². The van der Waals surface area contributed by atoms with Crippen molar-refractivity contribution in [3.63, 3.8) is 0 Å². The number of hydrogen-bond acceptors (Lipinski definition) is 2. The number of aliphatic hydroxyl groups excluding tert-OH is 1. The molecule has 4 heteroatoms. The predicted octanol–water partition coefficient (Wildman–Crippen LogP) is 1.31. The molecule has 0 unspecified atom stereocenters. The van der Waals surface area contributed by atoms with Crippen molar-refractivity contribution in [1.29, 1.82) is 0 Å². The van der Waals surface area contributed by atoms with Gasteiger partial charge in [-0.1, -0.05) is 6.08 Å². The SMILES string of the molecule is C=C[C@@H](CO)N(C(=O)O)C(C)(C)C. The standard InChI is InChI=1S/C9H17NO3/c1-5-7(6-11)10(8(12)13)9(2,3)4/h5,7,11H,1,6H2,2-4H3,(H,12,13)/t7-/m0/s1. The molecular weight excluding hydrogens is 170 g/mol. The fraction of sp³-hybridized carbons (Fsp3) is 0.667. The van der Waals surface area contributed by atoms with Crippen molar-refractivity contribution in [1.82, 2.24) is 4.90 Å². The van der Waals surface area contributed by atoms with Gasteiger partial charge in [-0.3, -0.25) is 4.90 Å². The first kappa shape index (κ1) is 12.0. The normalized spacial score (nSPS) is 13.5. The van der Waals surface area contributed by atoms with Gasteiger partial charge in [-0.05, 0) is 20.8 Å². The van der Waals surface area contributed by atoms with Crippen LogP contribution in [0.4, 0.5) is 4.79 Å². The molecule has 0 aliphatic heterocycles. The minimum absolute atomic E-state index is 0.243. The molecule has 76 valence electrons. The van der Waals surface area contributed by atoms with Crippen molar-refractivity contribution in [2.75, 3.05) is 6.61 Å². The number of rotatable bonds is 3. The Labute approximate surface area is 78.5 Å². The van der Waals surface area contributed by atoms with E-state index >= 15 is 0 Å². The Morgan fingerprint density at radius 2 is 2.08 bits per heavy atom. The van der Waals surface area contributed by atoms with Crippen LogP contribution in [0.1, 0.15) is 20.8 Å². The lowest BCUT2D eigenvalue weighted by Gasteiger charge is -2.37. The molecule has 0 fully saturated rings. The highest BCUT2D eigenvalue weighted by atomic mass is 16.4. The molecule has 2 N–H and O–H groups in total. The predicted molar refractivity (Wildman–Crippen MR) is 50.7 cm³/mol. The topological polar surface area (TPSA) is 60.8 Å². The lowest BCUT2D eigenvalue weighted by molar-refractivity contribution is 0.0629. The van der Waals surface area contributed by atoms with Crippen molar-refractivity contribution < 1.29 is 15.0 Å². The highest BCUT2D eigenvalue weighted by molar-refractivity contribution is 5.66. The molecule has 0 aliphatic carbocycles. The van der Waals surface area contributed by atoms with Crippen LogP contribution in [0, 0.1) is 0 Å². The molecule has 0 aromatic carbocycles. The average molecular weight is 187 g/mol. The van der Waals surface area contributed by atoms with Crippen molar-refractivity contribution in [2.24, 2.45) is 0 Å². The molecule has 4 nitrogen and oxygen atoms in total. The van der Waals surface area contributed by atoms with Gasteiger partial charge in [-0.15, -0.1) is 6.58 Å². The van der Waals surface area contributed by atoms with Crippen LogP contribution < -0.4 is 0 Å². The molecule has 0 spiro atoms. The zero-order chi connectivity index (χ0) is 10.6. The van der Waals surface area contributed by atoms with Gasteiger partial charge in [0.2, 0.25) is 0 Å². The van der Waals surface area contributed by atoms with E-state index in [1.54, 1.807) is 20.8 Å². The summed E-state index contributed by atoms with van der Waals surface area (Å²) in [5.74, 6) is 0. The second-order valence-corrected chi connectivity index (χ2v) is 3.81. The van der Waals surface area contributed by atoms with Gasteiger partial charge < -0.3 is 10.2 Å². The first-order valence-corrected chi connectivity index (χ1v) is 4.10. The molecular formula is C9H17NO3. The minimum atomic E-state index is -1.05. The van der Waals surface area contributed by atoms with E-state index in [-0.39, 0.29) is 6.61 Å². The third-order valence-electron chi connectivity index (χ3n) is 1.72. The zero-order valence-electron chi connectivity index (χ0n) is 8.32. The van der Waals surface area contributed by atoms with Gasteiger partial charge in [0.25, 0.3) is 0 Å². The summed E-state index contributed by atoms with van der Waals surface area (Å²) in [6.45, 7) is 8.55. The molecule has 0 heterocycles. The summed E-state index contributed by atoms with van der Waals surface area (Å²) in [4.78, 5) is 12.1. The molecule has 0 rings (SSSR count). The summed E-state index contributed by atoms with van der Waals surface area (Å²) in [6.07, 6.45) is 0.380. The van der Waals surface area contributed by atoms with Gasteiger partial charge in [0.15, 0.2) is 0 Å². The van der Waals surface area contributed by atoms with E-state index in [0.717, 1.165) is 0 Å². The Morgan fingerprint density at radius 3 is 2.15 bits per heavy atom. The third kappa shape index (κ3) is 3.06. The van der Waals surface area contributed by atoms with E-state index in [4.69, 9.17) is 10.2 Å². The smallest absolute Gasteiger partial charge is 0.408 e. The second kappa shape index (κ2) is 4.28. The number of carboxylic acid groups (broad SMARTS) is 1. The molecule has 0 aliphatic rings. The van der Waals surface area contributed by atoms with Gasteiger partial charge in [-0.2, -0.15) is 0 Å². The first-order chi connectivity index (χ1) is 5.84. The molecule has 0 radical (unpaired) electrons. The van der Waals surface area contributed by atoms with Gasteiger partial charge in [0.05, 0.1) is 12.6 Å². The monoisotopic (exact) mass is 187 g/mol. The van der Waals surface area contributed by atoms with Crippen LogP contribution >= 0.6 is 0 Å². The van der Waals surface area contributed by atoms with E-state index in [9.17, 15) is 4.79 Å². The number of carbonyl (C=O) groups is 1. The van der Waals surface area contributed by atoms with Crippen LogP contribution in [0.15, 0.2) is 12.7 Å². The summed E-state index contributed by atoms with van der Waals surface area (Å²) in [7, 11) is 0. The minimum Gasteiger partial charge on any atom is -0.465 e. The first-order valence-electron chi connectivity index (χ1n) is 4.10. The fourth-order valence-electron chi connectivity index (χ4n) is 1.19. The summed E-state index contributed by atoms with van der Waals surface area (Å²) >= 11 is 0. The van der Waals surface area contributed by atoms with E-state index in [1.165, 1.54) is 11.0 Å². The van der Waals surface area contributed by atoms with E-state index in [1.807, 2.05) is 0 Å². The molecule has 1 amide bonds. The maximum Gasteiger partial charge on any atom is 0.408 e. The van der Waals surface area contributed by atoms with Crippen molar-refractivity contribution in [3.8, 4) is 0 Å². The van der Waals surface area contributed by atoms with Crippen molar-refractivity contribution in [3.05, 3.63) is 12.7 Å². The van der Waals surface area contributed by atoms with Gasteiger partial charge in [-0.25, -0.2) is 4.79 Å². The number of nitrogens with zero attached hydrogens (tertiary/aromatic N) is 1. The van der Waals surface area contributed by atoms with Crippen molar-refractivity contribution >= 4 is 6.09 Å². The van der Waals surface area contributed by atoms with Gasteiger partial charge in [0, 0.05) is 5.54 Å². The number of aliphatic hydroxyl groups is 1. The Kier molecular flexibility index (Phi) is 3.94. The quantitative estimate of drug-likeness (QED) is 0.655. The van der Waals surface area contributed by atoms with Crippen LogP contribution in [-0.4, -0.2) is 39.4 Å².